The van der Waals surface area contributed by atoms with Crippen LogP contribution in [-0.2, 0) is 4.89 Å². The fraction of sp³-hybridized carbons (Fsp3) is 0.381. The molecule has 0 aliphatic heterocycles. The van der Waals surface area contributed by atoms with Gasteiger partial charge in [-0.3, -0.25) is 10.1 Å². The van der Waals surface area contributed by atoms with Crippen molar-refractivity contribution in [3.63, 3.8) is 0 Å². The van der Waals surface area contributed by atoms with Gasteiger partial charge in [0.15, 0.2) is 0 Å². The van der Waals surface area contributed by atoms with Crippen LogP contribution < -0.4 is 4.74 Å². The van der Waals surface area contributed by atoms with Crippen LogP contribution in [0.25, 0.3) is 11.1 Å². The molecule has 0 aliphatic carbocycles. The molecule has 0 spiro atoms. The molecule has 0 saturated carbocycles. The summed E-state index contributed by atoms with van der Waals surface area (Å²) < 4.78 is 5.78. The van der Waals surface area contributed by atoms with Crippen LogP contribution in [0.1, 0.15) is 48.9 Å². The summed E-state index contributed by atoms with van der Waals surface area (Å²) in [5.74, 6) is 0.883. The first-order valence-electron chi connectivity index (χ1n) is 8.88. The second-order valence-corrected chi connectivity index (χ2v) is 6.07. The number of benzene rings is 2. The van der Waals surface area contributed by atoms with Gasteiger partial charge < -0.3 is 4.74 Å². The molecular formula is C21H26O4. The van der Waals surface area contributed by atoms with Crippen molar-refractivity contribution in [3.8, 4) is 16.9 Å². The molecule has 0 amide bonds. The first-order valence-corrected chi connectivity index (χ1v) is 8.88. The van der Waals surface area contributed by atoms with E-state index in [0.717, 1.165) is 55.5 Å². The maximum atomic E-state index is 10.7. The standard InChI is InChI=1S/C21H26O4/c22-17-18-7-9-19(10-8-18)20-11-13-21(14-12-20)24-15-5-3-1-2-4-6-16-25-23/h7-14,17,23H,1-6,15-16H2. The Morgan fingerprint density at radius 1 is 0.720 bits per heavy atom. The number of rotatable bonds is 12. The molecule has 25 heavy (non-hydrogen) atoms. The van der Waals surface area contributed by atoms with Crippen LogP contribution in [0.2, 0.25) is 0 Å². The Morgan fingerprint density at radius 2 is 1.24 bits per heavy atom. The summed E-state index contributed by atoms with van der Waals surface area (Å²) in [6.45, 7) is 1.16. The fourth-order valence-corrected chi connectivity index (χ4v) is 2.66. The van der Waals surface area contributed by atoms with E-state index in [9.17, 15) is 4.79 Å². The number of hydrogen-bond donors (Lipinski definition) is 1. The molecule has 0 unspecified atom stereocenters. The molecule has 0 fully saturated rings. The molecule has 0 atom stereocenters. The Bertz CT molecular complexity index is 605. The summed E-state index contributed by atoms with van der Waals surface area (Å²) in [6.07, 6.45) is 7.41. The van der Waals surface area contributed by atoms with E-state index in [1.807, 2.05) is 48.5 Å². The Hall–Kier alpha value is -2.17. The molecule has 2 aromatic rings. The number of ether oxygens (including phenoxy) is 1. The number of unbranched alkanes of at least 4 members (excludes halogenated alkanes) is 5. The summed E-state index contributed by atoms with van der Waals surface area (Å²) in [5.41, 5.74) is 2.88. The normalized spacial score (nSPS) is 10.6. The van der Waals surface area contributed by atoms with Crippen LogP contribution in [0.4, 0.5) is 0 Å². The fourth-order valence-electron chi connectivity index (χ4n) is 2.66. The summed E-state index contributed by atoms with van der Waals surface area (Å²) in [4.78, 5) is 14.7. The van der Waals surface area contributed by atoms with Gasteiger partial charge in [0.25, 0.3) is 0 Å². The van der Waals surface area contributed by atoms with E-state index in [4.69, 9.17) is 9.99 Å². The zero-order valence-electron chi connectivity index (χ0n) is 14.5. The van der Waals surface area contributed by atoms with Gasteiger partial charge in [-0.05, 0) is 36.1 Å². The zero-order valence-corrected chi connectivity index (χ0v) is 14.5. The Kier molecular flexibility index (Phi) is 8.73. The molecule has 0 aromatic heterocycles. The molecule has 4 nitrogen and oxygen atoms in total. The number of carbonyl (C=O) groups is 1. The summed E-state index contributed by atoms with van der Waals surface area (Å²) in [6, 6.07) is 15.6. The lowest BCUT2D eigenvalue weighted by atomic mass is 10.0. The summed E-state index contributed by atoms with van der Waals surface area (Å²) >= 11 is 0. The Morgan fingerprint density at radius 3 is 1.80 bits per heavy atom. The lowest BCUT2D eigenvalue weighted by Gasteiger charge is -2.08. The highest BCUT2D eigenvalue weighted by atomic mass is 17.1. The van der Waals surface area contributed by atoms with Gasteiger partial charge in [-0.15, -0.1) is 0 Å². The van der Waals surface area contributed by atoms with Crippen molar-refractivity contribution >= 4 is 6.29 Å². The Labute approximate surface area is 149 Å². The van der Waals surface area contributed by atoms with Gasteiger partial charge in [-0.25, -0.2) is 4.89 Å². The molecule has 134 valence electrons. The smallest absolute Gasteiger partial charge is 0.150 e. The van der Waals surface area contributed by atoms with Gasteiger partial charge in [0, 0.05) is 5.56 Å². The third-order valence-electron chi connectivity index (χ3n) is 4.13. The predicted molar refractivity (Wildman–Crippen MR) is 99.0 cm³/mol. The van der Waals surface area contributed by atoms with E-state index in [1.54, 1.807) is 0 Å². The zero-order chi connectivity index (χ0) is 17.7. The van der Waals surface area contributed by atoms with Crippen LogP contribution in [0.15, 0.2) is 48.5 Å². The van der Waals surface area contributed by atoms with Crippen molar-refractivity contribution in [3.05, 3.63) is 54.1 Å². The van der Waals surface area contributed by atoms with Crippen LogP contribution in [0, 0.1) is 0 Å². The topological polar surface area (TPSA) is 55.8 Å². The van der Waals surface area contributed by atoms with E-state index in [0.29, 0.717) is 12.2 Å². The lowest BCUT2D eigenvalue weighted by molar-refractivity contribution is -0.242. The molecule has 0 saturated heterocycles. The number of aldehydes is 1. The van der Waals surface area contributed by atoms with Crippen LogP contribution in [0.3, 0.4) is 0 Å². The van der Waals surface area contributed by atoms with Gasteiger partial charge in [0.1, 0.15) is 12.0 Å². The maximum Gasteiger partial charge on any atom is 0.150 e. The molecule has 4 heteroatoms. The highest BCUT2D eigenvalue weighted by molar-refractivity contribution is 5.76. The first kappa shape index (κ1) is 19.2. The van der Waals surface area contributed by atoms with Crippen molar-refractivity contribution in [2.24, 2.45) is 0 Å². The van der Waals surface area contributed by atoms with Gasteiger partial charge in [0.05, 0.1) is 13.2 Å². The average molecular weight is 342 g/mol. The molecule has 2 rings (SSSR count). The van der Waals surface area contributed by atoms with Crippen molar-refractivity contribution < 1.29 is 19.7 Å². The molecular weight excluding hydrogens is 316 g/mol. The monoisotopic (exact) mass is 342 g/mol. The molecule has 0 radical (unpaired) electrons. The number of carbonyl (C=O) groups excluding carboxylic acids is 1. The van der Waals surface area contributed by atoms with E-state index in [2.05, 4.69) is 4.89 Å². The Balaban J connectivity index is 1.65. The van der Waals surface area contributed by atoms with E-state index < -0.39 is 0 Å². The number of hydrogen-bond acceptors (Lipinski definition) is 4. The highest BCUT2D eigenvalue weighted by Gasteiger charge is 2.00. The second-order valence-electron chi connectivity index (χ2n) is 6.07. The molecule has 1 N–H and O–H groups in total. The minimum Gasteiger partial charge on any atom is -0.494 e. The van der Waals surface area contributed by atoms with Crippen molar-refractivity contribution in [1.29, 1.82) is 0 Å². The summed E-state index contributed by atoms with van der Waals surface area (Å²) in [5, 5.41) is 8.22. The van der Waals surface area contributed by atoms with Crippen molar-refractivity contribution in [2.75, 3.05) is 13.2 Å². The summed E-state index contributed by atoms with van der Waals surface area (Å²) in [7, 11) is 0. The minimum atomic E-state index is 0.431. The molecule has 2 aromatic carbocycles. The van der Waals surface area contributed by atoms with Crippen LogP contribution in [0.5, 0.6) is 5.75 Å². The second kappa shape index (κ2) is 11.4. The third-order valence-corrected chi connectivity index (χ3v) is 4.13. The highest BCUT2D eigenvalue weighted by Crippen LogP contribution is 2.22. The molecule has 0 bridgehead atoms. The largest absolute Gasteiger partial charge is 0.494 e. The van der Waals surface area contributed by atoms with Crippen LogP contribution >= 0.6 is 0 Å². The SMILES string of the molecule is O=Cc1ccc(-c2ccc(OCCCCCCCCOO)cc2)cc1. The van der Waals surface area contributed by atoms with E-state index >= 15 is 0 Å². The van der Waals surface area contributed by atoms with Crippen LogP contribution in [-0.4, -0.2) is 24.8 Å². The van der Waals surface area contributed by atoms with Gasteiger partial charge in [0.2, 0.25) is 0 Å². The minimum absolute atomic E-state index is 0.431. The van der Waals surface area contributed by atoms with Crippen molar-refractivity contribution in [2.45, 2.75) is 38.5 Å². The predicted octanol–water partition coefficient (Wildman–Crippen LogP) is 5.38. The van der Waals surface area contributed by atoms with E-state index in [1.165, 1.54) is 12.8 Å². The maximum absolute atomic E-state index is 10.7. The third kappa shape index (κ3) is 7.08. The molecule has 0 heterocycles. The van der Waals surface area contributed by atoms with Gasteiger partial charge >= 0.3 is 0 Å². The quantitative estimate of drug-likeness (QED) is 0.244. The first-order chi connectivity index (χ1) is 12.3. The van der Waals surface area contributed by atoms with Gasteiger partial charge in [-0.1, -0.05) is 62.1 Å². The van der Waals surface area contributed by atoms with Crippen molar-refractivity contribution in [1.82, 2.24) is 0 Å². The van der Waals surface area contributed by atoms with E-state index in [-0.39, 0.29) is 0 Å². The molecule has 0 aliphatic rings. The average Bonchev–Trinajstić information content (AvgIpc) is 2.67. The lowest BCUT2D eigenvalue weighted by Crippen LogP contribution is -1.97. The van der Waals surface area contributed by atoms with Gasteiger partial charge in [-0.2, -0.15) is 0 Å².